The molecule has 0 spiro atoms. The Hall–Kier alpha value is -0.630. The Morgan fingerprint density at radius 1 is 0.844 bits per heavy atom. The first-order valence-electron chi connectivity index (χ1n) is 13.5. The van der Waals surface area contributed by atoms with Crippen molar-refractivity contribution in [2.45, 2.75) is 119 Å². The van der Waals surface area contributed by atoms with Crippen molar-refractivity contribution < 1.29 is 9.90 Å². The zero-order valence-corrected chi connectivity index (χ0v) is 22.1. The first kappa shape index (κ1) is 23.1. The number of carbonyl (C=O) groups is 1. The first-order chi connectivity index (χ1) is 14.6. The molecule has 8 atom stereocenters. The van der Waals surface area contributed by atoms with Gasteiger partial charge in [0.05, 0.1) is 6.10 Å². The lowest BCUT2D eigenvalue weighted by Crippen LogP contribution is -2.66. The molecule has 0 aliphatic heterocycles. The Morgan fingerprint density at radius 2 is 1.50 bits per heavy atom. The summed E-state index contributed by atoms with van der Waals surface area (Å²) in [6, 6.07) is 0. The highest BCUT2D eigenvalue weighted by molar-refractivity contribution is 5.95. The number of ketones is 1. The average Bonchev–Trinajstić information content (AvgIpc) is 2.68. The molecule has 32 heavy (non-hydrogen) atoms. The van der Waals surface area contributed by atoms with Crippen molar-refractivity contribution in [3.05, 3.63) is 11.6 Å². The number of hydrogen-bond donors (Lipinski definition) is 1. The standard InChI is InChI=1S/C30H48O2/c1-25(2)13-14-27(5)15-16-29(7)19(20(27)18-25)17-21(31)24-28(6)11-10-23(32)26(3,4)22(28)9-12-30(24,29)8/h17,20,22-24,32H,9-16,18H2,1-8H3/t20-,22?,23+,24-,27-,28+,29-,30-/m1/s1. The van der Waals surface area contributed by atoms with Gasteiger partial charge in [-0.2, -0.15) is 0 Å². The van der Waals surface area contributed by atoms with E-state index in [0.29, 0.717) is 28.4 Å². The molecule has 4 saturated carbocycles. The Bertz CT molecular complexity index is 866. The number of rotatable bonds is 0. The van der Waals surface area contributed by atoms with Gasteiger partial charge >= 0.3 is 0 Å². The molecule has 4 fully saturated rings. The molecule has 0 bridgehead atoms. The van der Waals surface area contributed by atoms with Crippen LogP contribution in [0.5, 0.6) is 0 Å². The van der Waals surface area contributed by atoms with Crippen LogP contribution >= 0.6 is 0 Å². The van der Waals surface area contributed by atoms with E-state index in [2.05, 4.69) is 61.5 Å². The SMILES string of the molecule is CC1(C)CC[C@]2(C)CC[C@]3(C)C(=CC(=O)[C@@H]4[C@@]5(C)CC[C@H](O)C(C)(C)C5CC[C@]43C)[C@H]2C1. The fourth-order valence-corrected chi connectivity index (χ4v) is 10.3. The van der Waals surface area contributed by atoms with Crippen molar-refractivity contribution in [2.75, 3.05) is 0 Å². The molecule has 0 radical (unpaired) electrons. The lowest BCUT2D eigenvalue weighted by Gasteiger charge is -2.70. The molecule has 5 aliphatic carbocycles. The van der Waals surface area contributed by atoms with E-state index in [4.69, 9.17) is 0 Å². The Kier molecular flexibility index (Phi) is 4.71. The van der Waals surface area contributed by atoms with Crippen molar-refractivity contribution in [1.82, 2.24) is 0 Å². The van der Waals surface area contributed by atoms with E-state index in [1.807, 2.05) is 0 Å². The van der Waals surface area contributed by atoms with Gasteiger partial charge in [0.2, 0.25) is 0 Å². The van der Waals surface area contributed by atoms with Crippen LogP contribution < -0.4 is 0 Å². The maximum absolute atomic E-state index is 14.2. The summed E-state index contributed by atoms with van der Waals surface area (Å²) in [5, 5.41) is 10.9. The molecule has 180 valence electrons. The largest absolute Gasteiger partial charge is 0.393 e. The van der Waals surface area contributed by atoms with Crippen LogP contribution in [0.25, 0.3) is 0 Å². The summed E-state index contributed by atoms with van der Waals surface area (Å²) in [6.45, 7) is 19.4. The van der Waals surface area contributed by atoms with E-state index in [1.165, 1.54) is 37.7 Å². The summed E-state index contributed by atoms with van der Waals surface area (Å²) < 4.78 is 0. The quantitative estimate of drug-likeness (QED) is 0.427. The summed E-state index contributed by atoms with van der Waals surface area (Å²) in [4.78, 5) is 14.2. The molecule has 5 rings (SSSR count). The smallest absolute Gasteiger partial charge is 0.159 e. The van der Waals surface area contributed by atoms with Gasteiger partial charge in [-0.3, -0.25) is 4.79 Å². The highest BCUT2D eigenvalue weighted by atomic mass is 16.3. The molecule has 0 saturated heterocycles. The summed E-state index contributed by atoms with van der Waals surface area (Å²) in [5.74, 6) is 1.49. The monoisotopic (exact) mass is 440 g/mol. The number of carbonyl (C=O) groups excluding carboxylic acids is 1. The molecule has 0 aromatic rings. The van der Waals surface area contributed by atoms with Crippen LogP contribution in [0, 0.1) is 50.2 Å². The van der Waals surface area contributed by atoms with E-state index < -0.39 is 0 Å². The Morgan fingerprint density at radius 3 is 2.19 bits per heavy atom. The first-order valence-corrected chi connectivity index (χ1v) is 13.5. The maximum Gasteiger partial charge on any atom is 0.159 e. The van der Waals surface area contributed by atoms with Crippen molar-refractivity contribution in [3.8, 4) is 0 Å². The van der Waals surface area contributed by atoms with E-state index >= 15 is 0 Å². The normalized spacial score (nSPS) is 53.9. The van der Waals surface area contributed by atoms with Gasteiger partial charge in [0.1, 0.15) is 0 Å². The maximum atomic E-state index is 14.2. The lowest BCUT2D eigenvalue weighted by atomic mass is 9.33. The van der Waals surface area contributed by atoms with Crippen molar-refractivity contribution in [3.63, 3.8) is 0 Å². The number of hydrogen-bond acceptors (Lipinski definition) is 2. The van der Waals surface area contributed by atoms with Crippen LogP contribution in [0.3, 0.4) is 0 Å². The van der Waals surface area contributed by atoms with Gasteiger partial charge in [0, 0.05) is 5.92 Å². The van der Waals surface area contributed by atoms with Gasteiger partial charge in [-0.25, -0.2) is 0 Å². The lowest BCUT2D eigenvalue weighted by molar-refractivity contribution is -0.202. The van der Waals surface area contributed by atoms with Crippen LogP contribution in [0.4, 0.5) is 0 Å². The van der Waals surface area contributed by atoms with Gasteiger partial charge in [-0.05, 0) is 108 Å². The predicted molar refractivity (Wildman–Crippen MR) is 131 cm³/mol. The number of aliphatic hydroxyl groups excluding tert-OH is 1. The fourth-order valence-electron chi connectivity index (χ4n) is 10.3. The number of allylic oxidation sites excluding steroid dienone is 2. The minimum atomic E-state index is -0.245. The van der Waals surface area contributed by atoms with Crippen molar-refractivity contribution in [1.29, 1.82) is 0 Å². The van der Waals surface area contributed by atoms with Gasteiger partial charge in [0.15, 0.2) is 5.78 Å². The van der Waals surface area contributed by atoms with Crippen molar-refractivity contribution in [2.24, 2.45) is 50.2 Å². The zero-order chi connectivity index (χ0) is 23.5. The summed E-state index contributed by atoms with van der Waals surface area (Å²) in [5.41, 5.74) is 2.29. The molecule has 5 aliphatic rings. The predicted octanol–water partition coefficient (Wildman–Crippen LogP) is 7.35. The van der Waals surface area contributed by atoms with Gasteiger partial charge < -0.3 is 5.11 Å². The van der Waals surface area contributed by atoms with Gasteiger partial charge in [0.25, 0.3) is 0 Å². The van der Waals surface area contributed by atoms with Crippen LogP contribution in [-0.2, 0) is 4.79 Å². The third kappa shape index (κ3) is 2.71. The molecule has 2 nitrogen and oxygen atoms in total. The second kappa shape index (κ2) is 6.52. The van der Waals surface area contributed by atoms with E-state index in [1.54, 1.807) is 0 Å². The van der Waals surface area contributed by atoms with Crippen molar-refractivity contribution >= 4 is 5.78 Å². The molecule has 0 aromatic carbocycles. The van der Waals surface area contributed by atoms with E-state index in [0.717, 1.165) is 25.7 Å². The minimum Gasteiger partial charge on any atom is -0.393 e. The molecule has 1 N–H and O–H groups in total. The van der Waals surface area contributed by atoms with Crippen LogP contribution in [0.15, 0.2) is 11.6 Å². The zero-order valence-electron chi connectivity index (χ0n) is 22.1. The van der Waals surface area contributed by atoms with E-state index in [9.17, 15) is 9.90 Å². The van der Waals surface area contributed by atoms with Crippen LogP contribution in [0.2, 0.25) is 0 Å². The third-order valence-electron chi connectivity index (χ3n) is 12.8. The molecule has 0 aromatic heterocycles. The molecule has 1 unspecified atom stereocenters. The Balaban J connectivity index is 1.63. The molecule has 2 heteroatoms. The minimum absolute atomic E-state index is 0.00948. The Labute approximate surface area is 197 Å². The van der Waals surface area contributed by atoms with E-state index in [-0.39, 0.29) is 33.7 Å². The summed E-state index contributed by atoms with van der Waals surface area (Å²) >= 11 is 0. The number of fused-ring (bicyclic) bond motifs is 7. The van der Waals surface area contributed by atoms with Crippen LogP contribution in [0.1, 0.15) is 113 Å². The highest BCUT2D eigenvalue weighted by Crippen LogP contribution is 2.75. The molecule has 0 heterocycles. The fraction of sp³-hybridized carbons (Fsp3) is 0.900. The van der Waals surface area contributed by atoms with Gasteiger partial charge in [-0.1, -0.05) is 61.0 Å². The molecule has 0 amide bonds. The highest BCUT2D eigenvalue weighted by Gasteiger charge is 2.69. The second-order valence-corrected chi connectivity index (χ2v) is 15.2. The van der Waals surface area contributed by atoms with Crippen LogP contribution in [-0.4, -0.2) is 17.0 Å². The average molecular weight is 441 g/mol. The summed E-state index contributed by atoms with van der Waals surface area (Å²) in [7, 11) is 0. The molecular formula is C30H48O2. The second-order valence-electron chi connectivity index (χ2n) is 15.2. The van der Waals surface area contributed by atoms with Gasteiger partial charge in [-0.15, -0.1) is 0 Å². The third-order valence-corrected chi connectivity index (χ3v) is 12.8. The molecular weight excluding hydrogens is 392 g/mol. The number of aliphatic hydroxyl groups is 1. The summed E-state index contributed by atoms with van der Waals surface area (Å²) in [6.07, 6.45) is 12.4. The topological polar surface area (TPSA) is 37.3 Å².